The molecule has 17 nitrogen and oxygen atoms in total. The number of hydrogen-bond donors (Lipinski definition) is 4. The van der Waals surface area contributed by atoms with Crippen LogP contribution in [0.5, 0.6) is 11.6 Å². The Hall–Kier alpha value is -5.65. The van der Waals surface area contributed by atoms with Gasteiger partial charge in [-0.1, -0.05) is 36.2 Å². The Morgan fingerprint density at radius 1 is 1.02 bits per heavy atom. The topological polar surface area (TPSA) is 216 Å². The highest BCUT2D eigenvalue weighted by atomic mass is 32.1. The molecule has 294 valence electrons. The summed E-state index contributed by atoms with van der Waals surface area (Å²) in [4.78, 5) is 68.2. The molecule has 4 N–H and O–H groups in total. The monoisotopic (exact) mass is 784 g/mol. The summed E-state index contributed by atoms with van der Waals surface area (Å²) in [5.41, 5.74) is 0.404. The lowest BCUT2D eigenvalue weighted by molar-refractivity contribution is -0.141. The standard InChI is InChI=1S/C38H44N10O7S/c1-53-24-15-16-26-28(18-24)39-31(30-14-9-17-56-30)33(40-26)54-25-19-29-32(49)43-38(35(51)42-36-44-46-47-45-36)20-22(38)10-5-3-2-4-6-13-27(34(50)48(29)21-25)41-37(52)55-23-11-7-8-12-23/h5,9-10,14-18,22-23,25,27,29H,2-4,6-8,11-13,19-21H2,1H3,(H,41,52)(H,43,49)(H2,42,44,45,46,47,51)/b10-5-/t22-,25+,27-,29-,38+/m0/s1. The van der Waals surface area contributed by atoms with Gasteiger partial charge < -0.3 is 29.7 Å². The molecule has 0 spiro atoms. The number of methoxy groups -OCH3 is 1. The molecule has 3 aromatic heterocycles. The maximum Gasteiger partial charge on any atom is 0.408 e. The average Bonchev–Trinajstić information content (AvgIpc) is 3.88. The van der Waals surface area contributed by atoms with Crippen molar-refractivity contribution in [2.45, 2.75) is 100 Å². The Kier molecular flexibility index (Phi) is 10.8. The molecule has 2 aliphatic heterocycles. The van der Waals surface area contributed by atoms with E-state index in [-0.39, 0.29) is 36.8 Å². The first kappa shape index (κ1) is 37.3. The predicted octanol–water partition coefficient (Wildman–Crippen LogP) is 4.30. The van der Waals surface area contributed by atoms with Crippen LogP contribution < -0.4 is 25.4 Å². The van der Waals surface area contributed by atoms with Crippen molar-refractivity contribution in [3.63, 3.8) is 0 Å². The van der Waals surface area contributed by atoms with Gasteiger partial charge in [0.15, 0.2) is 0 Å². The van der Waals surface area contributed by atoms with Gasteiger partial charge in [0, 0.05) is 18.4 Å². The number of anilines is 1. The van der Waals surface area contributed by atoms with Crippen molar-refractivity contribution >= 4 is 52.1 Å². The maximum absolute atomic E-state index is 14.7. The fourth-order valence-corrected chi connectivity index (χ4v) is 8.59. The number of carbonyl (C=O) groups excluding carboxylic acids is 4. The SMILES string of the molecule is COc1ccc2nc(O[C@@H]3C[C@H]4C(=O)N[C@]5(C(=O)Nc6nn[nH]n6)C[C@@H]5/C=C\CCCCC[C@H](NC(=O)OC5CCCC5)C(=O)N4C3)c(-c3cccs3)nc2c1. The Labute approximate surface area is 326 Å². The predicted molar refractivity (Wildman–Crippen MR) is 204 cm³/mol. The van der Waals surface area contributed by atoms with Crippen LogP contribution in [0.15, 0.2) is 47.9 Å². The highest BCUT2D eigenvalue weighted by Crippen LogP contribution is 2.46. The van der Waals surface area contributed by atoms with E-state index in [1.165, 1.54) is 16.2 Å². The highest BCUT2D eigenvalue weighted by Gasteiger charge is 2.61. The number of nitrogens with one attached hydrogen (secondary N) is 4. The van der Waals surface area contributed by atoms with Crippen molar-refractivity contribution < 1.29 is 33.4 Å². The molecule has 1 saturated heterocycles. The number of hydrogen-bond acceptors (Lipinski definition) is 13. The second kappa shape index (κ2) is 16.2. The number of aromatic amines is 1. The molecule has 0 bridgehead atoms. The number of aromatic nitrogens is 6. The molecule has 2 saturated carbocycles. The molecule has 5 atom stereocenters. The van der Waals surface area contributed by atoms with Gasteiger partial charge in [0.1, 0.15) is 41.3 Å². The van der Waals surface area contributed by atoms with Gasteiger partial charge in [-0.3, -0.25) is 19.7 Å². The van der Waals surface area contributed by atoms with Crippen molar-refractivity contribution in [3.8, 4) is 22.2 Å². The second-order valence-electron chi connectivity index (χ2n) is 14.7. The van der Waals surface area contributed by atoms with Crippen molar-refractivity contribution in [2.24, 2.45) is 5.92 Å². The van der Waals surface area contributed by atoms with Crippen molar-refractivity contribution in [2.75, 3.05) is 19.0 Å². The van der Waals surface area contributed by atoms with Gasteiger partial charge in [-0.05, 0) is 80.2 Å². The number of thiophene rings is 1. The number of tetrazole rings is 1. The Morgan fingerprint density at radius 2 is 1.88 bits per heavy atom. The third-order valence-electron chi connectivity index (χ3n) is 11.0. The van der Waals surface area contributed by atoms with E-state index in [0.717, 1.165) is 49.8 Å². The van der Waals surface area contributed by atoms with Gasteiger partial charge in [0.05, 0.1) is 29.6 Å². The number of ether oxygens (including phenoxy) is 3. The minimum atomic E-state index is -1.30. The summed E-state index contributed by atoms with van der Waals surface area (Å²) in [6.45, 7) is 0.0182. The Balaban J connectivity index is 1.11. The fraction of sp³-hybridized carbons (Fsp3) is 0.500. The number of amides is 4. The molecule has 5 heterocycles. The van der Waals surface area contributed by atoms with Gasteiger partial charge in [-0.15, -0.1) is 16.4 Å². The summed E-state index contributed by atoms with van der Waals surface area (Å²) in [7, 11) is 1.59. The summed E-state index contributed by atoms with van der Waals surface area (Å²) in [6, 6.07) is 7.22. The van der Waals surface area contributed by atoms with Crippen LogP contribution in [-0.4, -0.2) is 103 Å². The van der Waals surface area contributed by atoms with E-state index in [9.17, 15) is 19.2 Å². The molecule has 56 heavy (non-hydrogen) atoms. The van der Waals surface area contributed by atoms with Crippen molar-refractivity contribution in [3.05, 3.63) is 47.9 Å². The first-order valence-electron chi connectivity index (χ1n) is 19.2. The Morgan fingerprint density at radius 3 is 2.66 bits per heavy atom. The molecule has 8 rings (SSSR count). The van der Waals surface area contributed by atoms with E-state index in [0.29, 0.717) is 41.7 Å². The normalized spacial score (nSPS) is 26.3. The lowest BCUT2D eigenvalue weighted by Gasteiger charge is -2.30. The zero-order valence-electron chi connectivity index (χ0n) is 30.9. The summed E-state index contributed by atoms with van der Waals surface area (Å²) in [5.74, 6) is -0.876. The average molecular weight is 785 g/mol. The summed E-state index contributed by atoms with van der Waals surface area (Å²) < 4.78 is 17.7. The molecule has 3 fully saturated rings. The van der Waals surface area contributed by atoms with Crippen LogP contribution in [0.2, 0.25) is 0 Å². The molecule has 0 radical (unpaired) electrons. The smallest absolute Gasteiger partial charge is 0.408 e. The van der Waals surface area contributed by atoms with Crippen LogP contribution in [0.1, 0.15) is 70.6 Å². The minimum Gasteiger partial charge on any atom is -0.497 e. The van der Waals surface area contributed by atoms with Gasteiger partial charge in [0.25, 0.3) is 11.9 Å². The van der Waals surface area contributed by atoms with Crippen LogP contribution in [0, 0.1) is 5.92 Å². The van der Waals surface area contributed by atoms with Crippen LogP contribution in [-0.2, 0) is 19.1 Å². The number of carbonyl (C=O) groups is 4. The molecule has 4 amide bonds. The zero-order valence-corrected chi connectivity index (χ0v) is 31.8. The third-order valence-corrected chi connectivity index (χ3v) is 11.8. The molecular formula is C38H44N10O7S. The van der Waals surface area contributed by atoms with Crippen LogP contribution in [0.25, 0.3) is 21.6 Å². The molecule has 18 heteroatoms. The van der Waals surface area contributed by atoms with E-state index in [1.54, 1.807) is 25.3 Å². The van der Waals surface area contributed by atoms with Gasteiger partial charge in [0.2, 0.25) is 17.7 Å². The molecular weight excluding hydrogens is 741 g/mol. The van der Waals surface area contributed by atoms with Gasteiger partial charge in [-0.2, -0.15) is 5.21 Å². The first-order chi connectivity index (χ1) is 27.3. The highest BCUT2D eigenvalue weighted by molar-refractivity contribution is 7.13. The minimum absolute atomic E-state index is 0.0182. The van der Waals surface area contributed by atoms with E-state index in [4.69, 9.17) is 24.2 Å². The molecule has 2 aliphatic carbocycles. The van der Waals surface area contributed by atoms with Gasteiger partial charge >= 0.3 is 6.09 Å². The number of allylic oxidation sites excluding steroid dienone is 1. The number of rotatable bonds is 8. The maximum atomic E-state index is 14.7. The van der Waals surface area contributed by atoms with E-state index < -0.39 is 47.5 Å². The summed E-state index contributed by atoms with van der Waals surface area (Å²) in [5, 5.41) is 24.0. The molecule has 4 aromatic rings. The number of benzene rings is 1. The lowest BCUT2D eigenvalue weighted by Crippen LogP contribution is -2.57. The molecule has 4 aliphatic rings. The summed E-state index contributed by atoms with van der Waals surface area (Å²) in [6.07, 6.45) is 9.88. The van der Waals surface area contributed by atoms with Crippen molar-refractivity contribution in [1.82, 2.24) is 46.1 Å². The largest absolute Gasteiger partial charge is 0.497 e. The molecule has 1 aromatic carbocycles. The Bertz CT molecular complexity index is 2090. The molecule has 0 unspecified atom stereocenters. The van der Waals surface area contributed by atoms with Crippen LogP contribution in [0.3, 0.4) is 0 Å². The van der Waals surface area contributed by atoms with Crippen molar-refractivity contribution in [1.29, 1.82) is 0 Å². The van der Waals surface area contributed by atoms with E-state index in [1.807, 2.05) is 29.7 Å². The fourth-order valence-electron chi connectivity index (χ4n) is 7.89. The number of fused-ring (bicyclic) bond motifs is 3. The van der Waals surface area contributed by atoms with Crippen LogP contribution >= 0.6 is 11.3 Å². The van der Waals surface area contributed by atoms with E-state index >= 15 is 0 Å². The van der Waals surface area contributed by atoms with Gasteiger partial charge in [-0.25, -0.2) is 14.8 Å². The summed E-state index contributed by atoms with van der Waals surface area (Å²) >= 11 is 1.48. The number of nitrogens with zero attached hydrogens (tertiary/aromatic N) is 6. The van der Waals surface area contributed by atoms with Crippen LogP contribution in [0.4, 0.5) is 10.7 Å². The second-order valence-corrected chi connectivity index (χ2v) is 15.7. The lowest BCUT2D eigenvalue weighted by atomic mass is 10.0. The first-order valence-corrected chi connectivity index (χ1v) is 20.0. The number of alkyl carbamates (subject to hydrolysis) is 1. The number of H-pyrrole nitrogens is 1. The zero-order chi connectivity index (χ0) is 38.6. The quantitative estimate of drug-likeness (QED) is 0.184. The third kappa shape index (κ3) is 8.01. The van der Waals surface area contributed by atoms with E-state index in [2.05, 4.69) is 36.6 Å².